The summed E-state index contributed by atoms with van der Waals surface area (Å²) in [7, 11) is 0. The van der Waals surface area contributed by atoms with Crippen molar-refractivity contribution in [3.8, 4) is 0 Å². The molecule has 2 N–H and O–H groups in total. The van der Waals surface area contributed by atoms with Crippen LogP contribution in [0.5, 0.6) is 0 Å². The Morgan fingerprint density at radius 1 is 1.40 bits per heavy atom. The van der Waals surface area contributed by atoms with E-state index in [0.717, 1.165) is 11.3 Å². The Kier molecular flexibility index (Phi) is 5.34. The normalized spacial score (nSPS) is 13.6. The molecule has 1 heterocycles. The van der Waals surface area contributed by atoms with Gasteiger partial charge in [-0.2, -0.15) is 0 Å². The summed E-state index contributed by atoms with van der Waals surface area (Å²) in [6, 6.07) is 0. The topological polar surface area (TPSA) is 75.4 Å². The van der Waals surface area contributed by atoms with Crippen molar-refractivity contribution < 1.29 is 14.4 Å². The summed E-state index contributed by atoms with van der Waals surface area (Å²) in [6.45, 7) is 11.9. The zero-order chi connectivity index (χ0) is 15.5. The number of nitrogens with one attached hydrogen (secondary N) is 1. The van der Waals surface area contributed by atoms with Gasteiger partial charge < -0.3 is 14.9 Å². The van der Waals surface area contributed by atoms with Crippen molar-refractivity contribution in [2.75, 3.05) is 6.54 Å². The number of aryl methyl sites for hydroxylation is 2. The maximum Gasteiger partial charge on any atom is 0.224 e. The minimum atomic E-state index is -0.457. The van der Waals surface area contributed by atoms with Gasteiger partial charge in [0.2, 0.25) is 5.91 Å². The van der Waals surface area contributed by atoms with Crippen LogP contribution in [-0.2, 0) is 11.2 Å². The first kappa shape index (κ1) is 16.7. The van der Waals surface area contributed by atoms with Crippen molar-refractivity contribution in [1.29, 1.82) is 0 Å². The largest absolute Gasteiger partial charge is 0.392 e. The molecule has 20 heavy (non-hydrogen) atoms. The van der Waals surface area contributed by atoms with Crippen LogP contribution in [0.1, 0.15) is 44.7 Å². The van der Waals surface area contributed by atoms with Gasteiger partial charge in [-0.1, -0.05) is 32.9 Å². The predicted octanol–water partition coefficient (Wildman–Crippen LogP) is 1.99. The monoisotopic (exact) mass is 282 g/mol. The molecule has 0 aromatic carbocycles. The molecule has 1 atom stereocenters. The Hall–Kier alpha value is -1.36. The maximum absolute atomic E-state index is 12.0. The third kappa shape index (κ3) is 4.07. The number of aromatic nitrogens is 1. The van der Waals surface area contributed by atoms with E-state index in [4.69, 9.17) is 4.52 Å². The molecule has 1 unspecified atom stereocenters. The van der Waals surface area contributed by atoms with Crippen molar-refractivity contribution in [1.82, 2.24) is 10.5 Å². The Balaban J connectivity index is 2.56. The summed E-state index contributed by atoms with van der Waals surface area (Å²) in [4.78, 5) is 12.0. The molecule has 0 saturated carbocycles. The van der Waals surface area contributed by atoms with Gasteiger partial charge in [0.05, 0.1) is 18.2 Å². The molecule has 1 aromatic rings. The average Bonchev–Trinajstić information content (AvgIpc) is 2.67. The first-order valence-electron chi connectivity index (χ1n) is 7.01. The third-order valence-electron chi connectivity index (χ3n) is 3.69. The van der Waals surface area contributed by atoms with E-state index in [-0.39, 0.29) is 23.7 Å². The lowest BCUT2D eigenvalue weighted by Gasteiger charge is -2.33. The first-order chi connectivity index (χ1) is 9.15. The first-order valence-corrected chi connectivity index (χ1v) is 7.01. The molecule has 5 nitrogen and oxygen atoms in total. The molecule has 114 valence electrons. The molecular weight excluding hydrogens is 256 g/mol. The molecular formula is C15H26N2O3. The van der Waals surface area contributed by atoms with Crippen LogP contribution in [-0.4, -0.2) is 28.8 Å². The molecule has 1 aromatic heterocycles. The lowest BCUT2D eigenvalue weighted by Crippen LogP contribution is -2.44. The summed E-state index contributed by atoms with van der Waals surface area (Å²) < 4.78 is 5.04. The van der Waals surface area contributed by atoms with Crippen molar-refractivity contribution in [2.45, 2.75) is 54.1 Å². The highest BCUT2D eigenvalue weighted by molar-refractivity contribution is 5.79. The van der Waals surface area contributed by atoms with Crippen molar-refractivity contribution in [2.24, 2.45) is 11.3 Å². The molecule has 0 fully saturated rings. The highest BCUT2D eigenvalue weighted by atomic mass is 16.5. The molecule has 0 aliphatic rings. The van der Waals surface area contributed by atoms with Crippen LogP contribution in [0.2, 0.25) is 0 Å². The van der Waals surface area contributed by atoms with E-state index in [2.05, 4.69) is 10.5 Å². The standard InChI is InChI=1S/C15H26N2O3/c1-9(2)14(19)15(5,6)8-16-13(18)7-12-10(3)17-20-11(12)4/h9,14,19H,7-8H2,1-6H3,(H,16,18). The van der Waals surface area contributed by atoms with Gasteiger partial charge in [-0.3, -0.25) is 4.79 Å². The number of hydrogen-bond acceptors (Lipinski definition) is 4. The molecule has 0 aliphatic heterocycles. The second kappa shape index (κ2) is 6.39. The molecule has 1 rings (SSSR count). The fourth-order valence-electron chi connectivity index (χ4n) is 2.31. The van der Waals surface area contributed by atoms with Gasteiger partial charge in [0.25, 0.3) is 0 Å². The minimum Gasteiger partial charge on any atom is -0.392 e. The summed E-state index contributed by atoms with van der Waals surface area (Å²) >= 11 is 0. The number of hydrogen-bond donors (Lipinski definition) is 2. The van der Waals surface area contributed by atoms with E-state index in [1.54, 1.807) is 6.92 Å². The lowest BCUT2D eigenvalue weighted by molar-refractivity contribution is -0.121. The quantitative estimate of drug-likeness (QED) is 0.836. The van der Waals surface area contributed by atoms with E-state index in [9.17, 15) is 9.90 Å². The zero-order valence-electron chi connectivity index (χ0n) is 13.3. The van der Waals surface area contributed by atoms with Crippen LogP contribution >= 0.6 is 0 Å². The molecule has 0 aliphatic carbocycles. The van der Waals surface area contributed by atoms with Crippen molar-refractivity contribution in [3.63, 3.8) is 0 Å². The molecule has 0 radical (unpaired) electrons. The molecule has 1 amide bonds. The fraction of sp³-hybridized carbons (Fsp3) is 0.733. The van der Waals surface area contributed by atoms with Gasteiger partial charge in [0.1, 0.15) is 5.76 Å². The Bertz CT molecular complexity index is 444. The highest BCUT2D eigenvalue weighted by Gasteiger charge is 2.30. The Morgan fingerprint density at radius 2 is 2.00 bits per heavy atom. The SMILES string of the molecule is Cc1noc(C)c1CC(=O)NCC(C)(C)C(O)C(C)C. The lowest BCUT2D eigenvalue weighted by atomic mass is 9.80. The van der Waals surface area contributed by atoms with E-state index in [1.165, 1.54) is 0 Å². The van der Waals surface area contributed by atoms with Crippen molar-refractivity contribution >= 4 is 5.91 Å². The van der Waals surface area contributed by atoms with E-state index < -0.39 is 6.10 Å². The molecule has 0 saturated heterocycles. The van der Waals surface area contributed by atoms with Gasteiger partial charge >= 0.3 is 0 Å². The second-order valence-corrected chi connectivity index (χ2v) is 6.43. The summed E-state index contributed by atoms with van der Waals surface area (Å²) in [5, 5.41) is 16.9. The van der Waals surface area contributed by atoms with Gasteiger partial charge in [-0.15, -0.1) is 0 Å². The Morgan fingerprint density at radius 3 is 2.45 bits per heavy atom. The highest BCUT2D eigenvalue weighted by Crippen LogP contribution is 2.25. The third-order valence-corrected chi connectivity index (χ3v) is 3.69. The number of amides is 1. The van der Waals surface area contributed by atoms with Gasteiger partial charge in [0.15, 0.2) is 0 Å². The predicted molar refractivity (Wildman–Crippen MR) is 77.3 cm³/mol. The summed E-state index contributed by atoms with van der Waals surface area (Å²) in [5.41, 5.74) is 1.23. The van der Waals surface area contributed by atoms with Gasteiger partial charge in [-0.25, -0.2) is 0 Å². The number of rotatable bonds is 6. The smallest absolute Gasteiger partial charge is 0.224 e. The maximum atomic E-state index is 12.0. The number of carbonyl (C=O) groups is 1. The Labute approximate surface area is 120 Å². The average molecular weight is 282 g/mol. The summed E-state index contributed by atoms with van der Waals surface area (Å²) in [5.74, 6) is 0.757. The van der Waals surface area contributed by atoms with Crippen LogP contribution in [0.15, 0.2) is 4.52 Å². The number of carbonyl (C=O) groups excluding carboxylic acids is 1. The van der Waals surface area contributed by atoms with Crippen LogP contribution < -0.4 is 5.32 Å². The molecule has 5 heteroatoms. The van der Waals surface area contributed by atoms with Gasteiger partial charge in [-0.05, 0) is 19.8 Å². The second-order valence-electron chi connectivity index (χ2n) is 6.43. The fourth-order valence-corrected chi connectivity index (χ4v) is 2.31. The molecule has 0 spiro atoms. The van der Waals surface area contributed by atoms with Gasteiger partial charge in [0, 0.05) is 17.5 Å². The van der Waals surface area contributed by atoms with Crippen LogP contribution in [0.4, 0.5) is 0 Å². The van der Waals surface area contributed by atoms with Crippen LogP contribution in [0.25, 0.3) is 0 Å². The van der Waals surface area contributed by atoms with Crippen molar-refractivity contribution in [3.05, 3.63) is 17.0 Å². The van der Waals surface area contributed by atoms with E-state index in [0.29, 0.717) is 12.3 Å². The number of nitrogens with zero attached hydrogens (tertiary/aromatic N) is 1. The zero-order valence-corrected chi connectivity index (χ0v) is 13.3. The number of aliphatic hydroxyl groups is 1. The minimum absolute atomic E-state index is 0.0802. The van der Waals surface area contributed by atoms with Crippen LogP contribution in [0.3, 0.4) is 0 Å². The summed E-state index contributed by atoms with van der Waals surface area (Å²) in [6.07, 6.45) is -0.198. The van der Waals surface area contributed by atoms with Crippen LogP contribution in [0, 0.1) is 25.2 Å². The van der Waals surface area contributed by atoms with E-state index in [1.807, 2.05) is 34.6 Å². The van der Waals surface area contributed by atoms with E-state index >= 15 is 0 Å². The number of aliphatic hydroxyl groups excluding tert-OH is 1. The molecule has 0 bridgehead atoms.